The summed E-state index contributed by atoms with van der Waals surface area (Å²) in [5.41, 5.74) is 2.55. The summed E-state index contributed by atoms with van der Waals surface area (Å²) in [4.78, 5) is 0. The predicted molar refractivity (Wildman–Crippen MR) is 93.0 cm³/mol. The summed E-state index contributed by atoms with van der Waals surface area (Å²) in [5, 5.41) is 14.1. The fraction of sp³-hybridized carbons (Fsp3) is 0.211. The second-order valence-electron chi connectivity index (χ2n) is 5.30. The van der Waals surface area contributed by atoms with Crippen LogP contribution < -0.4 is 14.2 Å². The number of hydrogen-bond acceptors (Lipinski definition) is 6. The fourth-order valence-corrected chi connectivity index (χ4v) is 2.67. The molecular weight excluding hydrogens is 322 g/mol. The van der Waals surface area contributed by atoms with E-state index in [2.05, 4.69) is 5.16 Å². The highest BCUT2D eigenvalue weighted by Crippen LogP contribution is 2.38. The SMILES string of the molecule is COc1cc(OC)cc(-c2noc(-c3ccccc3OC)c2CO)c1. The zero-order chi connectivity index (χ0) is 17.8. The maximum atomic E-state index is 9.92. The highest BCUT2D eigenvalue weighted by Gasteiger charge is 2.21. The third-order valence-electron chi connectivity index (χ3n) is 3.92. The van der Waals surface area contributed by atoms with Crippen LogP contribution in [-0.2, 0) is 6.61 Å². The van der Waals surface area contributed by atoms with Gasteiger partial charge in [-0.25, -0.2) is 0 Å². The fourth-order valence-electron chi connectivity index (χ4n) is 2.67. The van der Waals surface area contributed by atoms with Gasteiger partial charge in [-0.15, -0.1) is 0 Å². The molecule has 25 heavy (non-hydrogen) atoms. The largest absolute Gasteiger partial charge is 0.497 e. The van der Waals surface area contributed by atoms with E-state index in [1.165, 1.54) is 0 Å². The van der Waals surface area contributed by atoms with Gasteiger partial charge in [0.2, 0.25) is 0 Å². The monoisotopic (exact) mass is 341 g/mol. The number of ether oxygens (including phenoxy) is 3. The number of methoxy groups -OCH3 is 3. The average molecular weight is 341 g/mol. The maximum Gasteiger partial charge on any atom is 0.176 e. The van der Waals surface area contributed by atoms with Crippen LogP contribution in [0.2, 0.25) is 0 Å². The summed E-state index contributed by atoms with van der Waals surface area (Å²) in [6.45, 7) is -0.230. The summed E-state index contributed by atoms with van der Waals surface area (Å²) < 4.78 is 21.5. The number of hydrogen-bond donors (Lipinski definition) is 1. The van der Waals surface area contributed by atoms with Crippen LogP contribution in [0, 0.1) is 0 Å². The van der Waals surface area contributed by atoms with E-state index in [1.54, 1.807) is 27.4 Å². The van der Waals surface area contributed by atoms with Gasteiger partial charge in [-0.3, -0.25) is 0 Å². The van der Waals surface area contributed by atoms with Gasteiger partial charge in [-0.05, 0) is 24.3 Å². The molecule has 0 saturated heterocycles. The zero-order valence-electron chi connectivity index (χ0n) is 14.3. The van der Waals surface area contributed by atoms with E-state index in [1.807, 2.05) is 36.4 Å². The summed E-state index contributed by atoms with van der Waals surface area (Å²) in [6, 6.07) is 12.8. The Morgan fingerprint density at radius 1 is 0.960 bits per heavy atom. The third kappa shape index (κ3) is 3.16. The molecule has 0 unspecified atom stereocenters. The van der Waals surface area contributed by atoms with Gasteiger partial charge in [0.25, 0.3) is 0 Å². The number of benzene rings is 2. The maximum absolute atomic E-state index is 9.92. The van der Waals surface area contributed by atoms with Gasteiger partial charge in [0.15, 0.2) is 5.76 Å². The molecule has 0 saturated carbocycles. The second kappa shape index (κ2) is 7.27. The number of rotatable bonds is 6. The van der Waals surface area contributed by atoms with Crippen LogP contribution in [0.15, 0.2) is 47.0 Å². The van der Waals surface area contributed by atoms with Crippen molar-refractivity contribution in [2.45, 2.75) is 6.61 Å². The van der Waals surface area contributed by atoms with Gasteiger partial charge in [0, 0.05) is 11.6 Å². The van der Waals surface area contributed by atoms with E-state index in [-0.39, 0.29) is 6.61 Å². The molecule has 0 amide bonds. The molecule has 130 valence electrons. The first-order chi connectivity index (χ1) is 12.2. The Morgan fingerprint density at radius 3 is 2.24 bits per heavy atom. The Kier molecular flexibility index (Phi) is 4.90. The lowest BCUT2D eigenvalue weighted by Crippen LogP contribution is -1.93. The van der Waals surface area contributed by atoms with Crippen molar-refractivity contribution in [2.24, 2.45) is 0 Å². The summed E-state index contributed by atoms with van der Waals surface area (Å²) in [5.74, 6) is 2.36. The molecule has 1 aromatic heterocycles. The Hall–Kier alpha value is -2.99. The number of nitrogens with zero attached hydrogens (tertiary/aromatic N) is 1. The smallest absolute Gasteiger partial charge is 0.176 e. The Bertz CT molecular complexity index is 850. The Labute approximate surface area is 145 Å². The van der Waals surface area contributed by atoms with Gasteiger partial charge in [0.05, 0.1) is 39.1 Å². The summed E-state index contributed by atoms with van der Waals surface area (Å²) >= 11 is 0. The van der Waals surface area contributed by atoms with E-state index in [0.717, 1.165) is 11.1 Å². The van der Waals surface area contributed by atoms with Gasteiger partial charge in [0.1, 0.15) is 22.9 Å². The molecule has 2 aromatic carbocycles. The molecular formula is C19H19NO5. The lowest BCUT2D eigenvalue weighted by Gasteiger charge is -2.08. The van der Waals surface area contributed by atoms with E-state index < -0.39 is 0 Å². The van der Waals surface area contributed by atoms with Crippen molar-refractivity contribution in [1.29, 1.82) is 0 Å². The van der Waals surface area contributed by atoms with Crippen molar-refractivity contribution >= 4 is 0 Å². The average Bonchev–Trinajstić information content (AvgIpc) is 3.11. The van der Waals surface area contributed by atoms with Crippen LogP contribution in [0.4, 0.5) is 0 Å². The first-order valence-corrected chi connectivity index (χ1v) is 7.68. The quantitative estimate of drug-likeness (QED) is 0.739. The van der Waals surface area contributed by atoms with Gasteiger partial charge in [-0.2, -0.15) is 0 Å². The minimum absolute atomic E-state index is 0.230. The van der Waals surface area contributed by atoms with Crippen molar-refractivity contribution in [1.82, 2.24) is 5.16 Å². The summed E-state index contributed by atoms with van der Waals surface area (Å²) in [6.07, 6.45) is 0. The van der Waals surface area contributed by atoms with Gasteiger partial charge < -0.3 is 23.8 Å². The van der Waals surface area contributed by atoms with Gasteiger partial charge >= 0.3 is 0 Å². The molecule has 0 fully saturated rings. The molecule has 0 aliphatic carbocycles. The molecule has 3 aromatic rings. The molecule has 0 atom stereocenters. The number of para-hydroxylation sites is 1. The molecule has 6 nitrogen and oxygen atoms in total. The standard InChI is InChI=1S/C19H19NO5/c1-22-13-8-12(9-14(10-13)23-2)18-16(11-21)19(25-20-18)15-6-4-5-7-17(15)24-3/h4-10,21H,11H2,1-3H3. The molecule has 6 heteroatoms. The number of aliphatic hydroxyl groups is 1. The highest BCUT2D eigenvalue weighted by molar-refractivity contribution is 5.76. The Balaban J connectivity index is 2.16. The van der Waals surface area contributed by atoms with Crippen LogP contribution in [0.5, 0.6) is 17.2 Å². The second-order valence-corrected chi connectivity index (χ2v) is 5.30. The molecule has 3 rings (SSSR count). The van der Waals surface area contributed by atoms with Crippen LogP contribution in [0.25, 0.3) is 22.6 Å². The van der Waals surface area contributed by atoms with Crippen LogP contribution in [0.3, 0.4) is 0 Å². The van der Waals surface area contributed by atoms with Crippen molar-refractivity contribution in [3.8, 4) is 39.8 Å². The molecule has 0 spiro atoms. The van der Waals surface area contributed by atoms with E-state index in [9.17, 15) is 5.11 Å². The minimum Gasteiger partial charge on any atom is -0.497 e. The summed E-state index contributed by atoms with van der Waals surface area (Å²) in [7, 11) is 4.74. The van der Waals surface area contributed by atoms with E-state index >= 15 is 0 Å². The van der Waals surface area contributed by atoms with Crippen molar-refractivity contribution < 1.29 is 23.8 Å². The third-order valence-corrected chi connectivity index (χ3v) is 3.92. The Morgan fingerprint density at radius 2 is 1.64 bits per heavy atom. The lowest BCUT2D eigenvalue weighted by molar-refractivity contribution is 0.281. The lowest BCUT2D eigenvalue weighted by atomic mass is 10.0. The predicted octanol–water partition coefficient (Wildman–Crippen LogP) is 3.53. The first-order valence-electron chi connectivity index (χ1n) is 7.68. The van der Waals surface area contributed by atoms with Gasteiger partial charge in [-0.1, -0.05) is 17.3 Å². The van der Waals surface area contributed by atoms with Crippen molar-refractivity contribution in [3.63, 3.8) is 0 Å². The molecule has 0 aliphatic rings. The first kappa shape index (κ1) is 16.9. The normalized spacial score (nSPS) is 10.6. The molecule has 1 N–H and O–H groups in total. The van der Waals surface area contributed by atoms with Crippen LogP contribution in [0.1, 0.15) is 5.56 Å². The number of aliphatic hydroxyl groups excluding tert-OH is 1. The highest BCUT2D eigenvalue weighted by atomic mass is 16.5. The van der Waals surface area contributed by atoms with Crippen LogP contribution >= 0.6 is 0 Å². The molecule has 1 heterocycles. The van der Waals surface area contributed by atoms with E-state index in [4.69, 9.17) is 18.7 Å². The van der Waals surface area contributed by atoms with Crippen molar-refractivity contribution in [2.75, 3.05) is 21.3 Å². The number of aromatic nitrogens is 1. The van der Waals surface area contributed by atoms with Crippen molar-refractivity contribution in [3.05, 3.63) is 48.0 Å². The van der Waals surface area contributed by atoms with E-state index in [0.29, 0.717) is 34.3 Å². The molecule has 0 aliphatic heterocycles. The molecule has 0 radical (unpaired) electrons. The topological polar surface area (TPSA) is 74.0 Å². The molecule has 0 bridgehead atoms. The zero-order valence-corrected chi connectivity index (χ0v) is 14.3. The van der Waals surface area contributed by atoms with Crippen LogP contribution in [-0.4, -0.2) is 31.6 Å². The minimum atomic E-state index is -0.230.